The molecule has 3 rings (SSSR count). The van der Waals surface area contributed by atoms with Gasteiger partial charge in [0.25, 0.3) is 0 Å². The first kappa shape index (κ1) is 14.6. The minimum Gasteiger partial charge on any atom is -0.493 e. The Bertz CT molecular complexity index is 654. The number of aryl methyl sites for hydroxylation is 1. The molecular formula is C18H20BrNO. The second kappa shape index (κ2) is 6.20. The third kappa shape index (κ3) is 2.99. The molecule has 2 aromatic rings. The lowest BCUT2D eigenvalue weighted by atomic mass is 9.95. The second-order valence-corrected chi connectivity index (χ2v) is 6.34. The summed E-state index contributed by atoms with van der Waals surface area (Å²) < 4.78 is 6.77. The van der Waals surface area contributed by atoms with Crippen LogP contribution < -0.4 is 10.1 Å². The zero-order valence-electron chi connectivity index (χ0n) is 12.4. The van der Waals surface area contributed by atoms with Crippen LogP contribution in [0.15, 0.2) is 40.9 Å². The minimum absolute atomic E-state index is 0.205. The van der Waals surface area contributed by atoms with Crippen molar-refractivity contribution in [1.29, 1.82) is 0 Å². The maximum absolute atomic E-state index is 5.61. The first-order valence-corrected chi connectivity index (χ1v) is 8.23. The zero-order valence-corrected chi connectivity index (χ0v) is 14.0. The largest absolute Gasteiger partial charge is 0.493 e. The van der Waals surface area contributed by atoms with Crippen LogP contribution in [0, 0.1) is 6.92 Å². The van der Waals surface area contributed by atoms with Crippen molar-refractivity contribution in [2.24, 2.45) is 0 Å². The average Bonchev–Trinajstić information content (AvgIpc) is 2.93. The molecule has 1 unspecified atom stereocenters. The molecule has 0 radical (unpaired) electrons. The lowest BCUT2D eigenvalue weighted by molar-refractivity contribution is 0.357. The van der Waals surface area contributed by atoms with E-state index in [0.29, 0.717) is 0 Å². The van der Waals surface area contributed by atoms with Gasteiger partial charge in [-0.3, -0.25) is 0 Å². The Labute approximate surface area is 134 Å². The molecule has 3 heteroatoms. The minimum atomic E-state index is 0.205. The fourth-order valence-corrected chi connectivity index (χ4v) is 3.59. The average molecular weight is 346 g/mol. The van der Waals surface area contributed by atoms with E-state index in [0.717, 1.165) is 29.8 Å². The molecule has 0 saturated carbocycles. The van der Waals surface area contributed by atoms with Crippen LogP contribution in [0.2, 0.25) is 0 Å². The normalized spacial score (nSPS) is 14.6. The van der Waals surface area contributed by atoms with Gasteiger partial charge < -0.3 is 10.1 Å². The van der Waals surface area contributed by atoms with Crippen molar-refractivity contribution in [3.05, 3.63) is 63.1 Å². The molecular weight excluding hydrogens is 326 g/mol. The van der Waals surface area contributed by atoms with Crippen molar-refractivity contribution >= 4 is 15.9 Å². The van der Waals surface area contributed by atoms with Crippen LogP contribution in [0.1, 0.15) is 35.2 Å². The topological polar surface area (TPSA) is 21.3 Å². The van der Waals surface area contributed by atoms with Crippen LogP contribution in [0.3, 0.4) is 0 Å². The fraction of sp³-hybridized carbons (Fsp3) is 0.333. The molecule has 0 amide bonds. The summed E-state index contributed by atoms with van der Waals surface area (Å²) in [6, 6.07) is 13.3. The highest BCUT2D eigenvalue weighted by molar-refractivity contribution is 9.10. The van der Waals surface area contributed by atoms with Crippen LogP contribution in [-0.2, 0) is 6.42 Å². The van der Waals surface area contributed by atoms with Crippen LogP contribution in [0.4, 0.5) is 0 Å². The van der Waals surface area contributed by atoms with E-state index in [-0.39, 0.29) is 6.04 Å². The molecule has 1 aliphatic heterocycles. The van der Waals surface area contributed by atoms with Crippen molar-refractivity contribution < 1.29 is 4.74 Å². The van der Waals surface area contributed by atoms with Gasteiger partial charge in [-0.15, -0.1) is 0 Å². The highest BCUT2D eigenvalue weighted by atomic mass is 79.9. The summed E-state index contributed by atoms with van der Waals surface area (Å²) in [5.41, 5.74) is 5.16. The summed E-state index contributed by atoms with van der Waals surface area (Å²) in [6.45, 7) is 5.99. The van der Waals surface area contributed by atoms with Crippen LogP contribution >= 0.6 is 15.9 Å². The van der Waals surface area contributed by atoms with Gasteiger partial charge in [0, 0.05) is 10.9 Å². The van der Waals surface area contributed by atoms with Crippen molar-refractivity contribution in [3.63, 3.8) is 0 Å². The Balaban J connectivity index is 2.01. The zero-order chi connectivity index (χ0) is 14.8. The van der Waals surface area contributed by atoms with Gasteiger partial charge in [0.1, 0.15) is 5.75 Å². The van der Waals surface area contributed by atoms with Crippen LogP contribution in [0.25, 0.3) is 0 Å². The fourth-order valence-electron chi connectivity index (χ4n) is 2.86. The Morgan fingerprint density at radius 3 is 2.86 bits per heavy atom. The number of hydrogen-bond donors (Lipinski definition) is 1. The summed E-state index contributed by atoms with van der Waals surface area (Å²) in [5, 5.41) is 3.60. The third-order valence-electron chi connectivity index (χ3n) is 3.92. The first-order chi connectivity index (χ1) is 10.2. The molecule has 0 spiro atoms. The van der Waals surface area contributed by atoms with Crippen LogP contribution in [0.5, 0.6) is 5.75 Å². The number of nitrogens with one attached hydrogen (secondary N) is 1. The molecule has 1 N–H and O–H groups in total. The molecule has 110 valence electrons. The standard InChI is InChI=1S/C18H20BrNO/c1-3-20-18(15-6-4-12(2)10-16(15)19)14-5-7-17-13(11-14)8-9-21-17/h4-7,10-11,18,20H,3,8-9H2,1-2H3. The van der Waals surface area contributed by atoms with Gasteiger partial charge in [0.05, 0.1) is 12.6 Å². The van der Waals surface area contributed by atoms with Gasteiger partial charge >= 0.3 is 0 Å². The van der Waals surface area contributed by atoms with Crippen LogP contribution in [-0.4, -0.2) is 13.2 Å². The Morgan fingerprint density at radius 1 is 1.24 bits per heavy atom. The molecule has 1 atom stereocenters. The van der Waals surface area contributed by atoms with Crippen molar-refractivity contribution in [3.8, 4) is 5.75 Å². The number of rotatable bonds is 4. The van der Waals surface area contributed by atoms with Gasteiger partial charge in [-0.1, -0.05) is 47.1 Å². The summed E-state index contributed by atoms with van der Waals surface area (Å²) in [4.78, 5) is 0. The first-order valence-electron chi connectivity index (χ1n) is 7.44. The van der Waals surface area contributed by atoms with Gasteiger partial charge in [0.2, 0.25) is 0 Å². The smallest absolute Gasteiger partial charge is 0.122 e. The van der Waals surface area contributed by atoms with Gasteiger partial charge in [-0.25, -0.2) is 0 Å². The van der Waals surface area contributed by atoms with E-state index in [4.69, 9.17) is 4.74 Å². The maximum atomic E-state index is 5.61. The third-order valence-corrected chi connectivity index (χ3v) is 4.61. The quantitative estimate of drug-likeness (QED) is 0.887. The number of hydrogen-bond acceptors (Lipinski definition) is 2. The second-order valence-electron chi connectivity index (χ2n) is 5.48. The van der Waals surface area contributed by atoms with Gasteiger partial charge in [0.15, 0.2) is 0 Å². The van der Waals surface area contributed by atoms with E-state index in [1.54, 1.807) is 0 Å². The molecule has 21 heavy (non-hydrogen) atoms. The van der Waals surface area contributed by atoms with E-state index in [1.165, 1.54) is 22.3 Å². The van der Waals surface area contributed by atoms with Gasteiger partial charge in [-0.05, 0) is 47.9 Å². The SMILES string of the molecule is CCNC(c1ccc2c(c1)CCO2)c1ccc(C)cc1Br. The number of benzene rings is 2. The molecule has 0 aliphatic carbocycles. The molecule has 0 fully saturated rings. The molecule has 2 nitrogen and oxygen atoms in total. The van der Waals surface area contributed by atoms with Gasteiger partial charge in [-0.2, -0.15) is 0 Å². The Kier molecular flexibility index (Phi) is 4.32. The lowest BCUT2D eigenvalue weighted by Gasteiger charge is -2.21. The molecule has 0 bridgehead atoms. The van der Waals surface area contributed by atoms with E-state index < -0.39 is 0 Å². The summed E-state index contributed by atoms with van der Waals surface area (Å²) >= 11 is 3.71. The van der Waals surface area contributed by atoms with E-state index >= 15 is 0 Å². The van der Waals surface area contributed by atoms with Crippen molar-refractivity contribution in [1.82, 2.24) is 5.32 Å². The summed E-state index contributed by atoms with van der Waals surface area (Å²) in [6.07, 6.45) is 1.01. The van der Waals surface area contributed by atoms with E-state index in [1.807, 2.05) is 0 Å². The van der Waals surface area contributed by atoms with Crippen molar-refractivity contribution in [2.75, 3.05) is 13.2 Å². The van der Waals surface area contributed by atoms with E-state index in [2.05, 4.69) is 71.5 Å². The highest BCUT2D eigenvalue weighted by Gasteiger charge is 2.19. The summed E-state index contributed by atoms with van der Waals surface area (Å²) in [5.74, 6) is 1.04. The monoisotopic (exact) mass is 345 g/mol. The van der Waals surface area contributed by atoms with E-state index in [9.17, 15) is 0 Å². The number of fused-ring (bicyclic) bond motifs is 1. The maximum Gasteiger partial charge on any atom is 0.122 e. The Morgan fingerprint density at radius 2 is 2.10 bits per heavy atom. The molecule has 0 aromatic heterocycles. The summed E-state index contributed by atoms with van der Waals surface area (Å²) in [7, 11) is 0. The predicted molar refractivity (Wildman–Crippen MR) is 90.0 cm³/mol. The van der Waals surface area contributed by atoms with Crippen molar-refractivity contribution in [2.45, 2.75) is 26.3 Å². The Hall–Kier alpha value is -1.32. The highest BCUT2D eigenvalue weighted by Crippen LogP contribution is 2.33. The molecule has 0 saturated heterocycles. The predicted octanol–water partition coefficient (Wildman–Crippen LogP) is 4.39. The number of halogens is 1. The molecule has 1 heterocycles. The number of ether oxygens (including phenoxy) is 1. The molecule has 1 aliphatic rings. The lowest BCUT2D eigenvalue weighted by Crippen LogP contribution is -2.22. The molecule has 2 aromatic carbocycles.